The molecule has 2 rings (SSSR count). The van der Waals surface area contributed by atoms with Crippen molar-refractivity contribution in [3.63, 3.8) is 0 Å². The summed E-state index contributed by atoms with van der Waals surface area (Å²) in [5.74, 6) is 0. The van der Waals surface area contributed by atoms with Gasteiger partial charge in [-0.1, -0.05) is 29.3 Å². The van der Waals surface area contributed by atoms with Gasteiger partial charge in [-0.3, -0.25) is 0 Å². The first-order valence-electron chi connectivity index (χ1n) is 10.8. The fourth-order valence-corrected chi connectivity index (χ4v) is 3.38. The minimum Gasteiger partial charge on any atom is -0.382 e. The number of benzene rings is 2. The molecule has 0 radical (unpaired) electrons. The van der Waals surface area contributed by atoms with E-state index in [1.54, 1.807) is 31.4 Å². The number of carbonyl (C=O) groups is 1. The van der Waals surface area contributed by atoms with Gasteiger partial charge >= 0.3 is 6.03 Å². The minimum atomic E-state index is -0.273. The Morgan fingerprint density at radius 3 is 2.52 bits per heavy atom. The number of urea groups is 1. The van der Waals surface area contributed by atoms with Crippen LogP contribution in [0.2, 0.25) is 10.0 Å². The van der Waals surface area contributed by atoms with E-state index in [0.29, 0.717) is 47.7 Å². The van der Waals surface area contributed by atoms with Crippen molar-refractivity contribution in [2.24, 2.45) is 0 Å². The maximum absolute atomic E-state index is 12.1. The van der Waals surface area contributed by atoms with Crippen LogP contribution in [0.1, 0.15) is 17.5 Å². The molecule has 2 aromatic rings. The Bertz CT molecular complexity index is 904. The molecule has 0 spiro atoms. The van der Waals surface area contributed by atoms with E-state index in [4.69, 9.17) is 37.9 Å². The van der Waals surface area contributed by atoms with Gasteiger partial charge in [0.25, 0.3) is 0 Å². The molecule has 9 heteroatoms. The molecular formula is C24H30Cl2N4O3. The molecule has 0 aliphatic heterocycles. The van der Waals surface area contributed by atoms with Gasteiger partial charge in [-0.15, -0.1) is 0 Å². The first kappa shape index (κ1) is 26.9. The summed E-state index contributed by atoms with van der Waals surface area (Å²) in [7, 11) is 1.65. The third-order valence-corrected chi connectivity index (χ3v) is 5.63. The molecule has 2 aromatic carbocycles. The zero-order chi connectivity index (χ0) is 23.9. The molecule has 0 saturated heterocycles. The maximum Gasteiger partial charge on any atom is 0.319 e. The van der Waals surface area contributed by atoms with Crippen molar-refractivity contribution in [3.8, 4) is 6.07 Å². The van der Waals surface area contributed by atoms with Gasteiger partial charge in [0.15, 0.2) is 0 Å². The first-order valence-corrected chi connectivity index (χ1v) is 11.6. The zero-order valence-electron chi connectivity index (χ0n) is 18.8. The number of methoxy groups -OCH3 is 1. The third kappa shape index (κ3) is 10.9. The Kier molecular flexibility index (Phi) is 12.6. The van der Waals surface area contributed by atoms with Gasteiger partial charge in [-0.25, -0.2) is 4.79 Å². The van der Waals surface area contributed by atoms with Crippen molar-refractivity contribution < 1.29 is 14.3 Å². The number of ether oxygens (including phenoxy) is 2. The molecular weight excluding hydrogens is 463 g/mol. The number of nitriles is 1. The van der Waals surface area contributed by atoms with E-state index in [-0.39, 0.29) is 6.03 Å². The predicted molar refractivity (Wildman–Crippen MR) is 132 cm³/mol. The van der Waals surface area contributed by atoms with Gasteiger partial charge < -0.3 is 25.0 Å². The van der Waals surface area contributed by atoms with Crippen molar-refractivity contribution >= 4 is 34.9 Å². The number of hydrogen-bond donors (Lipinski definition) is 2. The number of amides is 2. The van der Waals surface area contributed by atoms with Gasteiger partial charge in [0, 0.05) is 32.4 Å². The lowest BCUT2D eigenvalue weighted by molar-refractivity contribution is 0.0571. The van der Waals surface area contributed by atoms with Crippen LogP contribution in [0.3, 0.4) is 0 Å². The van der Waals surface area contributed by atoms with Crippen molar-refractivity contribution in [3.05, 3.63) is 63.6 Å². The fourth-order valence-electron chi connectivity index (χ4n) is 3.06. The van der Waals surface area contributed by atoms with E-state index in [9.17, 15) is 4.79 Å². The summed E-state index contributed by atoms with van der Waals surface area (Å²) in [5.41, 5.74) is 2.31. The predicted octanol–water partition coefficient (Wildman–Crippen LogP) is 4.58. The van der Waals surface area contributed by atoms with Crippen molar-refractivity contribution in [2.75, 3.05) is 58.4 Å². The second-order valence-electron chi connectivity index (χ2n) is 7.37. The second kappa shape index (κ2) is 15.5. The molecule has 2 N–H and O–H groups in total. The molecule has 0 atom stereocenters. The molecule has 33 heavy (non-hydrogen) atoms. The summed E-state index contributed by atoms with van der Waals surface area (Å²) in [5, 5.41) is 15.6. The van der Waals surface area contributed by atoms with E-state index < -0.39 is 0 Å². The van der Waals surface area contributed by atoms with Crippen molar-refractivity contribution in [2.45, 2.75) is 12.8 Å². The van der Waals surface area contributed by atoms with Gasteiger partial charge in [0.2, 0.25) is 0 Å². The molecule has 0 saturated carbocycles. The third-order valence-electron chi connectivity index (χ3n) is 4.89. The lowest BCUT2D eigenvalue weighted by Crippen LogP contribution is -2.35. The monoisotopic (exact) mass is 492 g/mol. The van der Waals surface area contributed by atoms with E-state index in [1.807, 2.05) is 24.3 Å². The molecule has 178 valence electrons. The van der Waals surface area contributed by atoms with Gasteiger partial charge in [0.05, 0.1) is 41.5 Å². The van der Waals surface area contributed by atoms with Gasteiger partial charge in [-0.2, -0.15) is 5.26 Å². The smallest absolute Gasteiger partial charge is 0.319 e. The summed E-state index contributed by atoms with van der Waals surface area (Å²) in [6, 6.07) is 14.2. The topological polar surface area (TPSA) is 86.6 Å². The van der Waals surface area contributed by atoms with Crippen LogP contribution in [-0.4, -0.2) is 64.0 Å². The second-order valence-corrected chi connectivity index (χ2v) is 8.18. The highest BCUT2D eigenvalue weighted by molar-refractivity contribution is 6.42. The lowest BCUT2D eigenvalue weighted by atomic mass is 10.1. The largest absolute Gasteiger partial charge is 0.382 e. The Morgan fingerprint density at radius 1 is 1.03 bits per heavy atom. The normalized spacial score (nSPS) is 10.8. The molecule has 0 unspecified atom stereocenters. The number of nitrogens with one attached hydrogen (secondary N) is 2. The van der Waals surface area contributed by atoms with Crippen LogP contribution in [0.5, 0.6) is 0 Å². The minimum absolute atomic E-state index is 0.273. The van der Waals surface area contributed by atoms with Crippen LogP contribution in [-0.2, 0) is 15.9 Å². The Labute approximate surface area is 205 Å². The van der Waals surface area contributed by atoms with E-state index in [2.05, 4.69) is 15.5 Å². The summed E-state index contributed by atoms with van der Waals surface area (Å²) in [4.78, 5) is 14.4. The maximum atomic E-state index is 12.1. The quantitative estimate of drug-likeness (QED) is 0.376. The van der Waals surface area contributed by atoms with E-state index in [0.717, 1.165) is 38.0 Å². The Balaban J connectivity index is 1.75. The molecule has 0 bridgehead atoms. The number of carbonyl (C=O) groups excluding carboxylic acids is 1. The van der Waals surface area contributed by atoms with Gasteiger partial charge in [0.1, 0.15) is 0 Å². The Hall–Kier alpha value is -2.34. The first-order chi connectivity index (χ1) is 16.0. The molecule has 0 aliphatic rings. The molecule has 0 aromatic heterocycles. The number of halogens is 2. The van der Waals surface area contributed by atoms with Crippen LogP contribution < -0.4 is 10.6 Å². The van der Waals surface area contributed by atoms with Crippen LogP contribution in [0, 0.1) is 11.3 Å². The summed E-state index contributed by atoms with van der Waals surface area (Å²) >= 11 is 12.1. The SMILES string of the molecule is COCCOCCN(CCCNC(=O)Nc1ccc(C#N)cc1)CCc1ccc(Cl)c(Cl)c1. The highest BCUT2D eigenvalue weighted by Crippen LogP contribution is 2.22. The van der Waals surface area contributed by atoms with Crippen LogP contribution in [0.4, 0.5) is 10.5 Å². The fraction of sp³-hybridized carbons (Fsp3) is 0.417. The standard InChI is InChI=1S/C24H30Cl2N4O3/c1-32-15-16-33-14-13-30(12-9-19-5-8-22(25)23(26)17-19)11-2-10-28-24(31)29-21-6-3-20(18-27)4-7-21/h3-8,17H,2,9-16H2,1H3,(H2,28,29,31). The van der Waals surface area contributed by atoms with Gasteiger partial charge in [-0.05, 0) is 61.3 Å². The number of nitrogens with zero attached hydrogens (tertiary/aromatic N) is 2. The van der Waals surface area contributed by atoms with Crippen LogP contribution >= 0.6 is 23.2 Å². The molecule has 0 aliphatic carbocycles. The Morgan fingerprint density at radius 2 is 1.82 bits per heavy atom. The van der Waals surface area contributed by atoms with Crippen molar-refractivity contribution in [1.29, 1.82) is 5.26 Å². The number of anilines is 1. The average molecular weight is 493 g/mol. The molecule has 0 fully saturated rings. The summed E-state index contributed by atoms with van der Waals surface area (Å²) in [6.45, 7) is 4.71. The highest BCUT2D eigenvalue weighted by Gasteiger charge is 2.08. The molecule has 2 amide bonds. The average Bonchev–Trinajstić information content (AvgIpc) is 2.82. The molecule has 0 heterocycles. The molecule has 7 nitrogen and oxygen atoms in total. The number of rotatable bonds is 14. The summed E-state index contributed by atoms with van der Waals surface area (Å²) in [6.07, 6.45) is 1.63. The van der Waals surface area contributed by atoms with E-state index >= 15 is 0 Å². The number of hydrogen-bond acceptors (Lipinski definition) is 5. The zero-order valence-corrected chi connectivity index (χ0v) is 20.3. The van der Waals surface area contributed by atoms with Crippen LogP contribution in [0.25, 0.3) is 0 Å². The van der Waals surface area contributed by atoms with Crippen LogP contribution in [0.15, 0.2) is 42.5 Å². The van der Waals surface area contributed by atoms with E-state index in [1.165, 1.54) is 0 Å². The highest BCUT2D eigenvalue weighted by atomic mass is 35.5. The lowest BCUT2D eigenvalue weighted by Gasteiger charge is -2.22. The summed E-state index contributed by atoms with van der Waals surface area (Å²) < 4.78 is 10.6. The van der Waals surface area contributed by atoms with Crippen molar-refractivity contribution in [1.82, 2.24) is 10.2 Å².